The van der Waals surface area contributed by atoms with Gasteiger partial charge in [0, 0.05) is 40.2 Å². The highest BCUT2D eigenvalue weighted by Gasteiger charge is 2.26. The van der Waals surface area contributed by atoms with E-state index >= 15 is 0 Å². The van der Waals surface area contributed by atoms with E-state index < -0.39 is 23.5 Å². The number of carbonyl (C=O) groups excluding carboxylic acids is 2. The zero-order chi connectivity index (χ0) is 29.7. The highest BCUT2D eigenvalue weighted by Crippen LogP contribution is 2.35. The fourth-order valence-electron chi connectivity index (χ4n) is 4.49. The van der Waals surface area contributed by atoms with Gasteiger partial charge in [-0.15, -0.1) is 0 Å². The molecule has 2 N–H and O–H groups in total. The fraction of sp³-hybridized carbons (Fsp3) is 0.188. The van der Waals surface area contributed by atoms with Crippen LogP contribution in [0.5, 0.6) is 5.75 Å². The van der Waals surface area contributed by atoms with E-state index in [1.807, 2.05) is 30.3 Å². The monoisotopic (exact) mass is 572 g/mol. The zero-order valence-electron chi connectivity index (χ0n) is 22.8. The molecular formula is C32H29ClN2O6. The van der Waals surface area contributed by atoms with E-state index in [-0.39, 0.29) is 29.4 Å². The standard InChI is InChI=1S/C32H29ClN2O6/c1-19(2)30(37)24-14-11-22(33)16-25(24)26-17-29(36)35(18-28(26)41-3)27(15-20-7-5-4-6-8-20)31(38)34-23-12-9-21(10-13-23)32(39)40/h4-14,16-19,27H,15H2,1-3H3,(H,34,38)(H,39,40). The van der Waals surface area contributed by atoms with Crippen LogP contribution in [0.2, 0.25) is 5.02 Å². The number of Topliss-reactive ketones (excluding diaryl/α,β-unsaturated/α-hetero) is 1. The van der Waals surface area contributed by atoms with Crippen molar-refractivity contribution in [2.24, 2.45) is 5.92 Å². The molecule has 8 nitrogen and oxygen atoms in total. The number of carbonyl (C=O) groups is 3. The van der Waals surface area contributed by atoms with Crippen LogP contribution in [0.1, 0.15) is 46.2 Å². The van der Waals surface area contributed by atoms with Gasteiger partial charge in [-0.05, 0) is 53.6 Å². The van der Waals surface area contributed by atoms with Gasteiger partial charge in [-0.2, -0.15) is 0 Å². The van der Waals surface area contributed by atoms with Crippen molar-refractivity contribution < 1.29 is 24.2 Å². The summed E-state index contributed by atoms with van der Waals surface area (Å²) in [7, 11) is 1.44. The van der Waals surface area contributed by atoms with Gasteiger partial charge in [-0.25, -0.2) is 4.79 Å². The number of benzene rings is 3. The first-order valence-electron chi connectivity index (χ1n) is 12.9. The molecular weight excluding hydrogens is 544 g/mol. The number of anilines is 1. The Morgan fingerprint density at radius 1 is 0.951 bits per heavy atom. The SMILES string of the molecule is COc1cn(C(Cc2ccccc2)C(=O)Nc2ccc(C(=O)O)cc2)c(=O)cc1-c1cc(Cl)ccc1C(=O)C(C)C. The number of carboxylic acid groups (broad SMARTS) is 1. The predicted molar refractivity (Wildman–Crippen MR) is 158 cm³/mol. The molecule has 3 aromatic carbocycles. The van der Waals surface area contributed by atoms with Crippen LogP contribution in [0.15, 0.2) is 89.9 Å². The molecule has 4 aromatic rings. The second kappa shape index (κ2) is 12.7. The van der Waals surface area contributed by atoms with Gasteiger partial charge in [0.15, 0.2) is 5.78 Å². The Kier molecular flexibility index (Phi) is 9.04. The van der Waals surface area contributed by atoms with Crippen molar-refractivity contribution in [3.05, 3.63) is 117 Å². The third kappa shape index (κ3) is 6.73. The maximum Gasteiger partial charge on any atom is 0.335 e. The minimum absolute atomic E-state index is 0.0803. The number of hydrogen-bond acceptors (Lipinski definition) is 5. The number of nitrogens with zero attached hydrogens (tertiary/aromatic N) is 1. The fourth-order valence-corrected chi connectivity index (χ4v) is 4.66. The smallest absolute Gasteiger partial charge is 0.335 e. The number of halogens is 1. The molecule has 0 saturated carbocycles. The number of amides is 1. The number of nitrogens with one attached hydrogen (secondary N) is 1. The molecule has 0 aliphatic heterocycles. The summed E-state index contributed by atoms with van der Waals surface area (Å²) < 4.78 is 6.96. The minimum atomic E-state index is -1.08. The molecule has 41 heavy (non-hydrogen) atoms. The molecule has 0 aliphatic carbocycles. The summed E-state index contributed by atoms with van der Waals surface area (Å²) in [5.74, 6) is -1.68. The van der Waals surface area contributed by atoms with E-state index in [4.69, 9.17) is 21.4 Å². The maximum absolute atomic E-state index is 13.6. The Hall–Kier alpha value is -4.69. The predicted octanol–water partition coefficient (Wildman–Crippen LogP) is 6.14. The molecule has 1 heterocycles. The van der Waals surface area contributed by atoms with E-state index in [1.165, 1.54) is 48.2 Å². The zero-order valence-corrected chi connectivity index (χ0v) is 23.5. The van der Waals surface area contributed by atoms with Gasteiger partial charge in [0.1, 0.15) is 11.8 Å². The van der Waals surface area contributed by atoms with E-state index in [9.17, 15) is 19.2 Å². The molecule has 0 fully saturated rings. The van der Waals surface area contributed by atoms with Gasteiger partial charge in [0.05, 0.1) is 18.9 Å². The number of methoxy groups -OCH3 is 1. The van der Waals surface area contributed by atoms with Crippen molar-refractivity contribution in [2.45, 2.75) is 26.3 Å². The third-order valence-corrected chi connectivity index (χ3v) is 6.87. The molecule has 0 saturated heterocycles. The summed E-state index contributed by atoms with van der Waals surface area (Å²) >= 11 is 6.28. The largest absolute Gasteiger partial charge is 0.495 e. The van der Waals surface area contributed by atoms with E-state index in [0.29, 0.717) is 27.4 Å². The highest BCUT2D eigenvalue weighted by molar-refractivity contribution is 6.31. The third-order valence-electron chi connectivity index (χ3n) is 6.64. The lowest BCUT2D eigenvalue weighted by Gasteiger charge is -2.22. The van der Waals surface area contributed by atoms with Gasteiger partial charge < -0.3 is 15.2 Å². The number of hydrogen-bond donors (Lipinski definition) is 2. The number of carboxylic acids is 1. The second-order valence-corrected chi connectivity index (χ2v) is 10.2. The van der Waals surface area contributed by atoms with Crippen molar-refractivity contribution in [1.29, 1.82) is 0 Å². The van der Waals surface area contributed by atoms with Crippen LogP contribution < -0.4 is 15.6 Å². The van der Waals surface area contributed by atoms with E-state index in [1.54, 1.807) is 32.0 Å². The molecule has 0 bridgehead atoms. The average molecular weight is 573 g/mol. The molecule has 1 aromatic heterocycles. The lowest BCUT2D eigenvalue weighted by molar-refractivity contribution is -0.119. The first-order valence-corrected chi connectivity index (χ1v) is 13.3. The Morgan fingerprint density at radius 2 is 1.63 bits per heavy atom. The number of ketones is 1. The van der Waals surface area contributed by atoms with Crippen LogP contribution in [-0.4, -0.2) is 34.4 Å². The van der Waals surface area contributed by atoms with Crippen LogP contribution in [0.3, 0.4) is 0 Å². The number of aromatic carboxylic acids is 1. The van der Waals surface area contributed by atoms with Gasteiger partial charge in [-0.1, -0.05) is 55.8 Å². The van der Waals surface area contributed by atoms with Gasteiger partial charge >= 0.3 is 5.97 Å². The lowest BCUT2D eigenvalue weighted by atomic mass is 9.92. The number of aromatic nitrogens is 1. The molecule has 1 atom stereocenters. The Labute approximate surface area is 242 Å². The first-order chi connectivity index (χ1) is 19.6. The summed E-state index contributed by atoms with van der Waals surface area (Å²) in [4.78, 5) is 51.4. The second-order valence-electron chi connectivity index (χ2n) is 9.79. The summed E-state index contributed by atoms with van der Waals surface area (Å²) in [5, 5.41) is 12.3. The molecule has 0 spiro atoms. The van der Waals surface area contributed by atoms with E-state index in [0.717, 1.165) is 5.56 Å². The lowest BCUT2D eigenvalue weighted by Crippen LogP contribution is -2.34. The van der Waals surface area contributed by atoms with Gasteiger partial charge in [0.25, 0.3) is 5.56 Å². The molecule has 0 radical (unpaired) electrons. The van der Waals surface area contributed by atoms with Crippen molar-refractivity contribution in [1.82, 2.24) is 4.57 Å². The topological polar surface area (TPSA) is 115 Å². The highest BCUT2D eigenvalue weighted by atomic mass is 35.5. The van der Waals surface area contributed by atoms with Crippen molar-refractivity contribution >= 4 is 34.9 Å². The Bertz CT molecular complexity index is 1650. The van der Waals surface area contributed by atoms with Crippen LogP contribution in [0.4, 0.5) is 5.69 Å². The number of ether oxygens (including phenoxy) is 1. The van der Waals surface area contributed by atoms with E-state index in [2.05, 4.69) is 5.32 Å². The molecule has 1 unspecified atom stereocenters. The van der Waals surface area contributed by atoms with Crippen molar-refractivity contribution in [2.75, 3.05) is 12.4 Å². The normalized spacial score (nSPS) is 11.6. The minimum Gasteiger partial charge on any atom is -0.495 e. The molecule has 0 aliphatic rings. The Morgan fingerprint density at radius 3 is 2.24 bits per heavy atom. The van der Waals surface area contributed by atoms with Crippen LogP contribution >= 0.6 is 11.6 Å². The molecule has 210 valence electrons. The summed E-state index contributed by atoms with van der Waals surface area (Å²) in [6, 6.07) is 20.2. The molecule has 1 amide bonds. The number of pyridine rings is 1. The summed E-state index contributed by atoms with van der Waals surface area (Å²) in [6.45, 7) is 3.58. The maximum atomic E-state index is 13.6. The summed E-state index contributed by atoms with van der Waals surface area (Å²) in [6.07, 6.45) is 1.65. The van der Waals surface area contributed by atoms with Crippen LogP contribution in [-0.2, 0) is 11.2 Å². The molecule has 4 rings (SSSR count). The van der Waals surface area contributed by atoms with Crippen LogP contribution in [0.25, 0.3) is 11.1 Å². The van der Waals surface area contributed by atoms with Crippen molar-refractivity contribution in [3.8, 4) is 16.9 Å². The Balaban J connectivity index is 1.80. The first kappa shape index (κ1) is 29.3. The quantitative estimate of drug-likeness (QED) is 0.221. The molecule has 9 heteroatoms. The van der Waals surface area contributed by atoms with Crippen molar-refractivity contribution in [3.63, 3.8) is 0 Å². The average Bonchev–Trinajstić information content (AvgIpc) is 2.96. The van der Waals surface area contributed by atoms with Gasteiger partial charge in [0.2, 0.25) is 5.91 Å². The number of rotatable bonds is 10. The van der Waals surface area contributed by atoms with Crippen LogP contribution in [0, 0.1) is 5.92 Å². The summed E-state index contributed by atoms with van der Waals surface area (Å²) in [5.41, 5.74) is 2.04. The van der Waals surface area contributed by atoms with Gasteiger partial charge in [-0.3, -0.25) is 19.0 Å².